The lowest BCUT2D eigenvalue weighted by Crippen LogP contribution is -2.33. The number of hydrogen-bond acceptors (Lipinski definition) is 2. The molecule has 2 N–H and O–H groups in total. The predicted octanol–water partition coefficient (Wildman–Crippen LogP) is 2.30. The second-order valence-corrected chi connectivity index (χ2v) is 3.93. The van der Waals surface area contributed by atoms with Gasteiger partial charge in [-0.15, -0.1) is 0 Å². The lowest BCUT2D eigenvalue weighted by atomic mass is 9.90. The van der Waals surface area contributed by atoms with Crippen LogP contribution in [0.25, 0.3) is 0 Å². The van der Waals surface area contributed by atoms with Crippen LogP contribution in [-0.4, -0.2) is 6.10 Å². The summed E-state index contributed by atoms with van der Waals surface area (Å²) in [5, 5.41) is 0. The lowest BCUT2D eigenvalue weighted by molar-refractivity contribution is 0.00656. The molecule has 76 valence electrons. The molecule has 2 nitrogen and oxygen atoms in total. The molecule has 1 aromatic rings. The Bertz CT molecular complexity index is 335. The molecule has 14 heavy (non-hydrogen) atoms. The van der Waals surface area contributed by atoms with Crippen molar-refractivity contribution in [3.8, 4) is 0 Å². The topological polar surface area (TPSA) is 35.2 Å². The highest BCUT2D eigenvalue weighted by Crippen LogP contribution is 2.31. The van der Waals surface area contributed by atoms with E-state index in [-0.39, 0.29) is 12.1 Å². The van der Waals surface area contributed by atoms with Crippen LogP contribution in [0.5, 0.6) is 0 Å². The first-order chi connectivity index (χ1) is 6.74. The number of aryl methyl sites for hydroxylation is 1. The van der Waals surface area contributed by atoms with Crippen LogP contribution >= 0.6 is 0 Å². The average molecular weight is 191 g/mol. The monoisotopic (exact) mass is 191 g/mol. The summed E-state index contributed by atoms with van der Waals surface area (Å²) in [5.74, 6) is 0. The molecular formula is C12H17NO. The summed E-state index contributed by atoms with van der Waals surface area (Å²) < 4.78 is 5.70. The molecule has 2 atom stereocenters. The van der Waals surface area contributed by atoms with Crippen molar-refractivity contribution >= 4 is 0 Å². The summed E-state index contributed by atoms with van der Waals surface area (Å²) in [5.41, 5.74) is 10.0. The number of nitrogens with two attached hydrogens (primary N) is 1. The summed E-state index contributed by atoms with van der Waals surface area (Å²) in [7, 11) is 0. The van der Waals surface area contributed by atoms with E-state index >= 15 is 0 Å². The molecule has 2 heteroatoms. The van der Waals surface area contributed by atoms with E-state index in [2.05, 4.69) is 32.0 Å². The van der Waals surface area contributed by atoms with Crippen molar-refractivity contribution in [2.75, 3.05) is 0 Å². The number of hydrogen-bond donors (Lipinski definition) is 1. The first-order valence-electron chi connectivity index (χ1n) is 5.19. The van der Waals surface area contributed by atoms with E-state index < -0.39 is 0 Å². The van der Waals surface area contributed by atoms with Gasteiger partial charge in [0.25, 0.3) is 0 Å². The second-order valence-electron chi connectivity index (χ2n) is 3.93. The average Bonchev–Trinajstić information content (AvgIpc) is 2.18. The van der Waals surface area contributed by atoms with Crippen molar-refractivity contribution in [2.24, 2.45) is 5.73 Å². The van der Waals surface area contributed by atoms with Gasteiger partial charge in [0.1, 0.15) is 0 Å². The summed E-state index contributed by atoms with van der Waals surface area (Å²) in [6, 6.07) is 6.34. The zero-order chi connectivity index (χ0) is 10.1. The smallest absolute Gasteiger partial charge is 0.0769 e. The Morgan fingerprint density at radius 2 is 2.29 bits per heavy atom. The minimum atomic E-state index is 0.0462. The quantitative estimate of drug-likeness (QED) is 0.739. The van der Waals surface area contributed by atoms with Crippen LogP contribution < -0.4 is 5.73 Å². The number of ether oxygens (including phenoxy) is 1. The predicted molar refractivity (Wildman–Crippen MR) is 57.0 cm³/mol. The summed E-state index contributed by atoms with van der Waals surface area (Å²) in [6.07, 6.45) is 1.16. The van der Waals surface area contributed by atoms with Crippen LogP contribution in [0.15, 0.2) is 18.2 Å². The molecule has 1 unspecified atom stereocenters. The van der Waals surface area contributed by atoms with E-state index in [1.807, 2.05) is 0 Å². The van der Waals surface area contributed by atoms with E-state index in [4.69, 9.17) is 10.5 Å². The zero-order valence-corrected chi connectivity index (χ0v) is 8.79. The van der Waals surface area contributed by atoms with Crippen LogP contribution in [0.2, 0.25) is 0 Å². The second kappa shape index (κ2) is 3.71. The van der Waals surface area contributed by atoms with Gasteiger partial charge in [-0.2, -0.15) is 0 Å². The van der Waals surface area contributed by atoms with Crippen LogP contribution in [0.4, 0.5) is 0 Å². The zero-order valence-electron chi connectivity index (χ0n) is 8.79. The van der Waals surface area contributed by atoms with E-state index in [9.17, 15) is 0 Å². The van der Waals surface area contributed by atoms with Crippen LogP contribution in [0.1, 0.15) is 36.1 Å². The van der Waals surface area contributed by atoms with Crippen molar-refractivity contribution < 1.29 is 4.74 Å². The Morgan fingerprint density at radius 1 is 1.50 bits per heavy atom. The molecule has 1 heterocycles. The van der Waals surface area contributed by atoms with Gasteiger partial charge >= 0.3 is 0 Å². The van der Waals surface area contributed by atoms with E-state index in [0.29, 0.717) is 6.61 Å². The van der Waals surface area contributed by atoms with E-state index in [1.165, 1.54) is 16.7 Å². The fourth-order valence-electron chi connectivity index (χ4n) is 2.20. The maximum absolute atomic E-state index is 6.18. The summed E-state index contributed by atoms with van der Waals surface area (Å²) >= 11 is 0. The van der Waals surface area contributed by atoms with Gasteiger partial charge in [-0.25, -0.2) is 0 Å². The third-order valence-electron chi connectivity index (χ3n) is 3.00. The van der Waals surface area contributed by atoms with E-state index in [1.54, 1.807) is 0 Å². The number of rotatable bonds is 1. The molecule has 0 bridgehead atoms. The van der Waals surface area contributed by atoms with Gasteiger partial charge in [-0.1, -0.05) is 25.1 Å². The van der Waals surface area contributed by atoms with Gasteiger partial charge < -0.3 is 10.5 Å². The van der Waals surface area contributed by atoms with Crippen LogP contribution in [-0.2, 0) is 11.3 Å². The molecule has 1 aliphatic heterocycles. The molecule has 0 aromatic heterocycles. The first kappa shape index (κ1) is 9.69. The Balaban J connectivity index is 2.43. The molecule has 1 aliphatic rings. The molecular weight excluding hydrogens is 174 g/mol. The lowest BCUT2D eigenvalue weighted by Gasteiger charge is -2.31. The highest BCUT2D eigenvalue weighted by atomic mass is 16.5. The van der Waals surface area contributed by atoms with Crippen molar-refractivity contribution in [1.29, 1.82) is 0 Å². The van der Waals surface area contributed by atoms with E-state index in [0.717, 1.165) is 6.42 Å². The third-order valence-corrected chi connectivity index (χ3v) is 3.00. The number of benzene rings is 1. The molecule has 0 spiro atoms. The summed E-state index contributed by atoms with van der Waals surface area (Å²) in [4.78, 5) is 0. The van der Waals surface area contributed by atoms with Gasteiger partial charge in [0, 0.05) is 0 Å². The van der Waals surface area contributed by atoms with Crippen molar-refractivity contribution in [3.05, 3.63) is 34.9 Å². The standard InChI is InChI=1S/C12H17NO/c1-3-10-12(13)11-8(2)5-4-6-9(11)7-14-10/h4-6,10,12H,3,7,13H2,1-2H3/t10-,12?/m0/s1. The SMILES string of the molecule is CC[C@@H]1OCc2cccc(C)c2C1N. The fourth-order valence-corrected chi connectivity index (χ4v) is 2.20. The highest BCUT2D eigenvalue weighted by Gasteiger charge is 2.26. The Morgan fingerprint density at radius 3 is 3.00 bits per heavy atom. The van der Waals surface area contributed by atoms with Gasteiger partial charge in [-0.3, -0.25) is 0 Å². The molecule has 2 rings (SSSR count). The van der Waals surface area contributed by atoms with Gasteiger partial charge in [0.15, 0.2) is 0 Å². The van der Waals surface area contributed by atoms with Gasteiger partial charge in [0.05, 0.1) is 18.8 Å². The largest absolute Gasteiger partial charge is 0.372 e. The maximum Gasteiger partial charge on any atom is 0.0769 e. The molecule has 0 fully saturated rings. The third kappa shape index (κ3) is 1.45. The van der Waals surface area contributed by atoms with Crippen LogP contribution in [0, 0.1) is 6.92 Å². The molecule has 0 saturated heterocycles. The molecule has 0 saturated carbocycles. The van der Waals surface area contributed by atoms with Gasteiger partial charge in [0.2, 0.25) is 0 Å². The molecule has 0 aliphatic carbocycles. The van der Waals surface area contributed by atoms with Crippen molar-refractivity contribution in [2.45, 2.75) is 39.0 Å². The molecule has 0 radical (unpaired) electrons. The minimum absolute atomic E-state index is 0.0462. The van der Waals surface area contributed by atoms with Crippen molar-refractivity contribution in [1.82, 2.24) is 0 Å². The fraction of sp³-hybridized carbons (Fsp3) is 0.500. The maximum atomic E-state index is 6.18. The van der Waals surface area contributed by atoms with Crippen LogP contribution in [0.3, 0.4) is 0 Å². The number of fused-ring (bicyclic) bond motifs is 1. The highest BCUT2D eigenvalue weighted by molar-refractivity contribution is 5.38. The Hall–Kier alpha value is -0.860. The molecule has 1 aromatic carbocycles. The van der Waals surface area contributed by atoms with Gasteiger partial charge in [-0.05, 0) is 30.0 Å². The molecule has 0 amide bonds. The summed E-state index contributed by atoms with van der Waals surface area (Å²) in [6.45, 7) is 4.95. The Kier molecular flexibility index (Phi) is 2.57. The Labute approximate surface area is 85.1 Å². The minimum Gasteiger partial charge on any atom is -0.372 e. The van der Waals surface area contributed by atoms with Crippen molar-refractivity contribution in [3.63, 3.8) is 0 Å². The normalized spacial score (nSPS) is 25.9. The first-order valence-corrected chi connectivity index (χ1v) is 5.19.